The largest absolute Gasteiger partial charge is 0.768 e. The first-order valence-electron chi connectivity index (χ1n) is 3.63. The normalized spacial score (nSPS) is 11.6. The van der Waals surface area contributed by atoms with E-state index in [0.29, 0.717) is 11.1 Å². The summed E-state index contributed by atoms with van der Waals surface area (Å²) in [6.07, 6.45) is 0. The zero-order valence-electron chi connectivity index (χ0n) is 6.78. The number of hydrogen-bond donors (Lipinski definition) is 1. The maximum atomic E-state index is 10.5. The van der Waals surface area contributed by atoms with Crippen molar-refractivity contribution < 1.29 is 18.5 Å². The molecule has 0 bridgehead atoms. The van der Waals surface area contributed by atoms with Crippen molar-refractivity contribution in [3.8, 4) is 0 Å². The molecule has 5 nitrogen and oxygen atoms in total. The number of fused-ring (bicyclic) bond motifs is 1. The molecule has 1 unspecified atom stereocenters. The van der Waals surface area contributed by atoms with Crippen LogP contribution in [-0.4, -0.2) is 9.62 Å². The van der Waals surface area contributed by atoms with E-state index in [9.17, 15) is 4.57 Å². The van der Waals surface area contributed by atoms with E-state index in [0.717, 1.165) is 4.73 Å². The fourth-order valence-corrected chi connectivity index (χ4v) is 1.67. The Balaban J connectivity index is 2.68. The van der Waals surface area contributed by atoms with Crippen molar-refractivity contribution in [2.75, 3.05) is 0 Å². The molecule has 0 saturated heterocycles. The molecular formula is C7H5NO4PS+. The van der Waals surface area contributed by atoms with Gasteiger partial charge in [-0.05, 0) is 24.4 Å². The smallest absolute Gasteiger partial charge is 0.427 e. The van der Waals surface area contributed by atoms with Gasteiger partial charge < -0.3 is 4.42 Å². The highest BCUT2D eigenvalue weighted by Gasteiger charge is 2.19. The molecule has 0 amide bonds. The van der Waals surface area contributed by atoms with Gasteiger partial charge in [-0.2, -0.15) is 0 Å². The Labute approximate surface area is 84.4 Å². The van der Waals surface area contributed by atoms with Gasteiger partial charge in [0.05, 0.1) is 0 Å². The van der Waals surface area contributed by atoms with Crippen molar-refractivity contribution in [1.29, 1.82) is 0 Å². The van der Waals surface area contributed by atoms with Gasteiger partial charge in [0, 0.05) is 4.57 Å². The first-order valence-corrected chi connectivity index (χ1v) is 5.17. The lowest BCUT2D eigenvalue weighted by Crippen LogP contribution is -2.02. The summed E-state index contributed by atoms with van der Waals surface area (Å²) in [6, 6.07) is 6.88. The third kappa shape index (κ3) is 1.55. The van der Waals surface area contributed by atoms with Crippen LogP contribution in [0.4, 0.5) is 0 Å². The molecule has 72 valence electrons. The number of hydrogen-bond acceptors (Lipinski definition) is 4. The highest BCUT2D eigenvalue weighted by Crippen LogP contribution is 2.19. The monoisotopic (exact) mass is 230 g/mol. The van der Waals surface area contributed by atoms with Gasteiger partial charge in [-0.25, -0.2) is 0 Å². The summed E-state index contributed by atoms with van der Waals surface area (Å²) in [4.78, 5) is 8.59. The number of aromatic nitrogens is 1. The summed E-state index contributed by atoms with van der Waals surface area (Å²) >= 11 is 4.80. The molecular weight excluding hydrogens is 225 g/mol. The van der Waals surface area contributed by atoms with Crippen LogP contribution in [0.5, 0.6) is 0 Å². The van der Waals surface area contributed by atoms with Crippen molar-refractivity contribution in [3.63, 3.8) is 0 Å². The molecule has 1 heterocycles. The van der Waals surface area contributed by atoms with Crippen LogP contribution in [0.3, 0.4) is 0 Å². The second-order valence-corrected chi connectivity index (χ2v) is 3.44. The Morgan fingerprint density at radius 2 is 2.21 bits per heavy atom. The zero-order chi connectivity index (χ0) is 10.1. The fourth-order valence-electron chi connectivity index (χ4n) is 1.09. The lowest BCUT2D eigenvalue weighted by molar-refractivity contribution is 0.242. The van der Waals surface area contributed by atoms with Gasteiger partial charge in [0.2, 0.25) is 0 Å². The van der Waals surface area contributed by atoms with E-state index in [1.54, 1.807) is 24.3 Å². The summed E-state index contributed by atoms with van der Waals surface area (Å²) < 4.78 is 21.2. The van der Waals surface area contributed by atoms with Gasteiger partial charge in [-0.15, -0.1) is 9.52 Å². The average molecular weight is 230 g/mol. The van der Waals surface area contributed by atoms with Gasteiger partial charge in [0.25, 0.3) is 0 Å². The maximum absolute atomic E-state index is 10.5. The van der Waals surface area contributed by atoms with Crippen molar-refractivity contribution in [1.82, 2.24) is 4.73 Å². The van der Waals surface area contributed by atoms with E-state index in [1.165, 1.54) is 0 Å². The Hall–Kier alpha value is -1.23. The van der Waals surface area contributed by atoms with E-state index >= 15 is 0 Å². The van der Waals surface area contributed by atoms with Crippen molar-refractivity contribution in [2.24, 2.45) is 0 Å². The van der Waals surface area contributed by atoms with E-state index < -0.39 is 8.25 Å². The quantitative estimate of drug-likeness (QED) is 0.631. The molecule has 7 heteroatoms. The molecule has 0 saturated carbocycles. The standard InChI is InChI=1S/C7H4NO4PS/c9-13(10)12-8-5-3-1-2-4-6(5)11-7(8)14/h1-4H/p+1. The predicted molar refractivity (Wildman–Crippen MR) is 51.4 cm³/mol. The van der Waals surface area contributed by atoms with Crippen molar-refractivity contribution >= 4 is 31.6 Å². The first-order chi connectivity index (χ1) is 6.68. The van der Waals surface area contributed by atoms with Gasteiger partial charge in [-0.1, -0.05) is 16.9 Å². The molecule has 2 rings (SSSR count). The number of nitrogens with zero attached hydrogens (tertiary/aromatic N) is 1. The second-order valence-electron chi connectivity index (χ2n) is 2.45. The highest BCUT2D eigenvalue weighted by atomic mass is 32.1. The number of benzene rings is 1. The molecule has 0 fully saturated rings. The van der Waals surface area contributed by atoms with E-state index in [2.05, 4.69) is 4.62 Å². The fraction of sp³-hybridized carbons (Fsp3) is 0. The van der Waals surface area contributed by atoms with Gasteiger partial charge in [-0.3, -0.25) is 0 Å². The minimum Gasteiger partial charge on any atom is -0.427 e. The zero-order valence-corrected chi connectivity index (χ0v) is 8.49. The van der Waals surface area contributed by atoms with Gasteiger partial charge in [0.15, 0.2) is 5.58 Å². The summed E-state index contributed by atoms with van der Waals surface area (Å²) in [7, 11) is -2.75. The molecule has 14 heavy (non-hydrogen) atoms. The van der Waals surface area contributed by atoms with Crippen LogP contribution in [0.25, 0.3) is 11.1 Å². The molecule has 0 aliphatic rings. The highest BCUT2D eigenvalue weighted by molar-refractivity contribution is 7.71. The minimum atomic E-state index is -2.75. The van der Waals surface area contributed by atoms with Gasteiger partial charge >= 0.3 is 13.1 Å². The molecule has 1 aromatic heterocycles. The third-order valence-electron chi connectivity index (χ3n) is 1.60. The minimum absolute atomic E-state index is 0.00333. The topological polar surface area (TPSA) is 64.6 Å². The molecule has 1 N–H and O–H groups in total. The molecule has 1 atom stereocenters. The average Bonchev–Trinajstić information content (AvgIpc) is 2.43. The number of rotatable bonds is 2. The second kappa shape index (κ2) is 3.49. The Kier molecular flexibility index (Phi) is 2.33. The van der Waals surface area contributed by atoms with Crippen LogP contribution >= 0.6 is 20.5 Å². The van der Waals surface area contributed by atoms with Crippen molar-refractivity contribution in [2.45, 2.75) is 0 Å². The van der Waals surface area contributed by atoms with Crippen LogP contribution in [0.15, 0.2) is 28.7 Å². The summed E-state index contributed by atoms with van der Waals surface area (Å²) in [5, 5.41) is 0. The lowest BCUT2D eigenvalue weighted by Gasteiger charge is -1.89. The van der Waals surface area contributed by atoms with Crippen LogP contribution in [-0.2, 0) is 4.57 Å². The Bertz CT molecular complexity index is 546. The Morgan fingerprint density at radius 1 is 1.50 bits per heavy atom. The van der Waals surface area contributed by atoms with E-state index in [-0.39, 0.29) is 4.84 Å². The van der Waals surface area contributed by atoms with Crippen LogP contribution in [0, 0.1) is 4.84 Å². The summed E-state index contributed by atoms with van der Waals surface area (Å²) in [6.45, 7) is 0. The first kappa shape index (κ1) is 9.33. The lowest BCUT2D eigenvalue weighted by atomic mass is 10.3. The molecule has 0 spiro atoms. The van der Waals surface area contributed by atoms with E-state index in [4.69, 9.17) is 21.5 Å². The summed E-state index contributed by atoms with van der Waals surface area (Å²) in [5.74, 6) is 0. The maximum Gasteiger partial charge on any atom is 0.768 e. The molecule has 2 aromatic rings. The van der Waals surface area contributed by atoms with Crippen molar-refractivity contribution in [3.05, 3.63) is 29.1 Å². The van der Waals surface area contributed by atoms with Crippen LogP contribution in [0.2, 0.25) is 0 Å². The predicted octanol–water partition coefficient (Wildman–Crippen LogP) is 2.04. The molecule has 0 radical (unpaired) electrons. The van der Waals surface area contributed by atoms with Crippen LogP contribution in [0.1, 0.15) is 0 Å². The molecule has 0 aliphatic carbocycles. The molecule has 1 aromatic carbocycles. The third-order valence-corrected chi connectivity index (χ3v) is 2.15. The van der Waals surface area contributed by atoms with Crippen LogP contribution < -0.4 is 4.62 Å². The Morgan fingerprint density at radius 3 is 2.93 bits per heavy atom. The van der Waals surface area contributed by atoms with Gasteiger partial charge in [0.1, 0.15) is 5.52 Å². The van der Waals surface area contributed by atoms with E-state index in [1.807, 2.05) is 0 Å². The molecule has 0 aliphatic heterocycles. The number of para-hydroxylation sites is 2. The number of oxazole rings is 1. The SMILES string of the molecule is O=[P+](O)On1c(=S)oc2ccccc21. The summed E-state index contributed by atoms with van der Waals surface area (Å²) in [5.41, 5.74) is 1.03.